The van der Waals surface area contributed by atoms with Gasteiger partial charge in [-0.05, 0) is 38.6 Å². The maximum absolute atomic E-state index is 6.32. The fraction of sp³-hybridized carbons (Fsp3) is 0.263. The minimum atomic E-state index is -0.156. The molecule has 1 N–H and O–H groups in total. The highest BCUT2D eigenvalue weighted by Gasteiger charge is 2.22. The van der Waals surface area contributed by atoms with Crippen LogP contribution in [0.4, 0.5) is 0 Å². The fourth-order valence-corrected chi connectivity index (χ4v) is 3.66. The van der Waals surface area contributed by atoms with Gasteiger partial charge in [0.25, 0.3) is 0 Å². The molecule has 0 aliphatic rings. The first kappa shape index (κ1) is 18.6. The lowest BCUT2D eigenvalue weighted by molar-refractivity contribution is 0.513. The van der Waals surface area contributed by atoms with Crippen molar-refractivity contribution in [1.29, 1.82) is 0 Å². The van der Waals surface area contributed by atoms with Crippen molar-refractivity contribution in [2.45, 2.75) is 33.4 Å². The van der Waals surface area contributed by atoms with Crippen LogP contribution >= 0.6 is 23.8 Å². The number of aromatic amines is 1. The molecule has 0 saturated heterocycles. The molecule has 4 aromatic rings. The lowest BCUT2D eigenvalue weighted by atomic mass is 10.2. The molecule has 28 heavy (non-hydrogen) atoms. The zero-order chi connectivity index (χ0) is 19.8. The van der Waals surface area contributed by atoms with Gasteiger partial charge in [0.05, 0.1) is 34.8 Å². The number of rotatable bonds is 5. The molecule has 0 saturated carbocycles. The molecule has 0 radical (unpaired) electrons. The standard InChI is InChI=1S/C19H20ClN7S/c1-12-17(20)13(2)27(24-12)14(3)18-22-23-19(28)26(18)16-9-21-25(11-16)10-15-7-5-4-6-8-15/h4-9,11,14H,10H2,1-3H3,(H,23,28). The quantitative estimate of drug-likeness (QED) is 0.496. The summed E-state index contributed by atoms with van der Waals surface area (Å²) in [7, 11) is 0. The normalized spacial score (nSPS) is 12.4. The Morgan fingerprint density at radius 2 is 1.96 bits per heavy atom. The van der Waals surface area contributed by atoms with Gasteiger partial charge in [0, 0.05) is 6.20 Å². The fourth-order valence-electron chi connectivity index (χ4n) is 3.29. The molecule has 0 aliphatic heterocycles. The van der Waals surface area contributed by atoms with E-state index in [1.807, 2.05) is 59.1 Å². The Hall–Kier alpha value is -2.71. The van der Waals surface area contributed by atoms with Crippen LogP contribution in [0, 0.1) is 18.6 Å². The SMILES string of the molecule is Cc1nn(C(C)c2n[nH]c(=S)n2-c2cnn(Cc3ccccc3)c2)c(C)c1Cl. The van der Waals surface area contributed by atoms with Crippen LogP contribution in [0.25, 0.3) is 5.69 Å². The largest absolute Gasteiger partial charge is 0.267 e. The van der Waals surface area contributed by atoms with E-state index in [0.717, 1.165) is 22.9 Å². The number of nitrogens with zero attached hydrogens (tertiary/aromatic N) is 6. The number of benzene rings is 1. The lowest BCUT2D eigenvalue weighted by Gasteiger charge is -2.14. The van der Waals surface area contributed by atoms with Gasteiger partial charge in [-0.3, -0.25) is 19.0 Å². The molecule has 144 valence electrons. The van der Waals surface area contributed by atoms with Gasteiger partial charge in [-0.2, -0.15) is 15.3 Å². The topological polar surface area (TPSA) is 69.2 Å². The minimum Gasteiger partial charge on any atom is -0.267 e. The highest BCUT2D eigenvalue weighted by Crippen LogP contribution is 2.26. The Morgan fingerprint density at radius 3 is 2.64 bits per heavy atom. The summed E-state index contributed by atoms with van der Waals surface area (Å²) in [4.78, 5) is 0. The van der Waals surface area contributed by atoms with Crippen molar-refractivity contribution in [2.75, 3.05) is 0 Å². The summed E-state index contributed by atoms with van der Waals surface area (Å²) in [5.41, 5.74) is 3.72. The van der Waals surface area contributed by atoms with Gasteiger partial charge in [-0.1, -0.05) is 41.9 Å². The van der Waals surface area contributed by atoms with E-state index in [4.69, 9.17) is 23.8 Å². The van der Waals surface area contributed by atoms with Gasteiger partial charge in [-0.15, -0.1) is 0 Å². The van der Waals surface area contributed by atoms with E-state index in [9.17, 15) is 0 Å². The zero-order valence-electron chi connectivity index (χ0n) is 15.8. The summed E-state index contributed by atoms with van der Waals surface area (Å²) in [5.74, 6) is 0.742. The summed E-state index contributed by atoms with van der Waals surface area (Å²) < 4.78 is 6.15. The maximum atomic E-state index is 6.32. The molecular formula is C19H20ClN7S. The van der Waals surface area contributed by atoms with Gasteiger partial charge in [0.1, 0.15) is 6.04 Å². The first-order chi connectivity index (χ1) is 13.5. The van der Waals surface area contributed by atoms with E-state index in [-0.39, 0.29) is 6.04 Å². The number of halogens is 1. The molecule has 3 heterocycles. The first-order valence-electron chi connectivity index (χ1n) is 8.91. The third-order valence-corrected chi connectivity index (χ3v) is 5.56. The summed E-state index contributed by atoms with van der Waals surface area (Å²) in [5, 5.41) is 17.0. The van der Waals surface area contributed by atoms with Crippen LogP contribution in [-0.4, -0.2) is 34.3 Å². The minimum absolute atomic E-state index is 0.156. The van der Waals surface area contributed by atoms with Crippen LogP contribution < -0.4 is 0 Å². The number of aromatic nitrogens is 7. The van der Waals surface area contributed by atoms with E-state index in [1.54, 1.807) is 6.20 Å². The van der Waals surface area contributed by atoms with E-state index in [0.29, 0.717) is 16.3 Å². The molecule has 0 amide bonds. The smallest absolute Gasteiger partial charge is 0.200 e. The van der Waals surface area contributed by atoms with Crippen LogP contribution in [0.3, 0.4) is 0 Å². The van der Waals surface area contributed by atoms with Crippen LogP contribution in [0.2, 0.25) is 5.02 Å². The average molecular weight is 414 g/mol. The lowest BCUT2D eigenvalue weighted by Crippen LogP contribution is -2.15. The van der Waals surface area contributed by atoms with Gasteiger partial charge >= 0.3 is 0 Å². The van der Waals surface area contributed by atoms with Crippen molar-refractivity contribution in [3.63, 3.8) is 0 Å². The van der Waals surface area contributed by atoms with E-state index in [1.165, 1.54) is 5.56 Å². The molecule has 0 bridgehead atoms. The second-order valence-corrected chi connectivity index (χ2v) is 7.47. The third kappa shape index (κ3) is 3.29. The molecule has 0 spiro atoms. The van der Waals surface area contributed by atoms with Gasteiger partial charge in [-0.25, -0.2) is 0 Å². The molecule has 1 unspecified atom stereocenters. The molecule has 1 aromatic carbocycles. The number of hydrogen-bond acceptors (Lipinski definition) is 4. The van der Waals surface area contributed by atoms with E-state index in [2.05, 4.69) is 32.5 Å². The number of nitrogens with one attached hydrogen (secondary N) is 1. The summed E-state index contributed by atoms with van der Waals surface area (Å²) in [6, 6.07) is 10.0. The van der Waals surface area contributed by atoms with Crippen LogP contribution in [0.5, 0.6) is 0 Å². The molecular weight excluding hydrogens is 394 g/mol. The molecule has 3 aromatic heterocycles. The van der Waals surface area contributed by atoms with Crippen molar-refractivity contribution in [1.82, 2.24) is 34.3 Å². The summed E-state index contributed by atoms with van der Waals surface area (Å²) in [6.07, 6.45) is 3.75. The predicted octanol–water partition coefficient (Wildman–Crippen LogP) is 4.25. The van der Waals surface area contributed by atoms with Crippen molar-refractivity contribution < 1.29 is 0 Å². The summed E-state index contributed by atoms with van der Waals surface area (Å²) in [6.45, 7) is 6.54. The Morgan fingerprint density at radius 1 is 1.21 bits per heavy atom. The van der Waals surface area contributed by atoms with E-state index >= 15 is 0 Å². The third-order valence-electron chi connectivity index (χ3n) is 4.74. The molecule has 0 aliphatic carbocycles. The van der Waals surface area contributed by atoms with Gasteiger partial charge < -0.3 is 0 Å². The van der Waals surface area contributed by atoms with E-state index < -0.39 is 0 Å². The molecule has 4 rings (SSSR count). The Balaban J connectivity index is 1.69. The molecule has 9 heteroatoms. The van der Waals surface area contributed by atoms with Crippen molar-refractivity contribution in [2.24, 2.45) is 0 Å². The number of aryl methyl sites for hydroxylation is 1. The number of hydrogen-bond donors (Lipinski definition) is 1. The molecule has 7 nitrogen and oxygen atoms in total. The highest BCUT2D eigenvalue weighted by molar-refractivity contribution is 7.71. The van der Waals surface area contributed by atoms with Crippen molar-refractivity contribution >= 4 is 23.8 Å². The van der Waals surface area contributed by atoms with Gasteiger partial charge in [0.15, 0.2) is 10.6 Å². The van der Waals surface area contributed by atoms with Crippen molar-refractivity contribution in [3.05, 3.63) is 75.3 Å². The molecule has 0 fully saturated rings. The Kier molecular flexibility index (Phi) is 4.91. The Labute approximate surface area is 172 Å². The second-order valence-electron chi connectivity index (χ2n) is 6.71. The Bertz CT molecular complexity index is 1170. The summed E-state index contributed by atoms with van der Waals surface area (Å²) >= 11 is 11.8. The van der Waals surface area contributed by atoms with Crippen molar-refractivity contribution in [3.8, 4) is 5.69 Å². The first-order valence-corrected chi connectivity index (χ1v) is 9.69. The molecule has 1 atom stereocenters. The van der Waals surface area contributed by atoms with Crippen LogP contribution in [0.15, 0.2) is 42.7 Å². The van der Waals surface area contributed by atoms with Crippen LogP contribution in [0.1, 0.15) is 35.7 Å². The zero-order valence-corrected chi connectivity index (χ0v) is 17.4. The number of H-pyrrole nitrogens is 1. The highest BCUT2D eigenvalue weighted by atomic mass is 35.5. The van der Waals surface area contributed by atoms with Gasteiger partial charge in [0.2, 0.25) is 0 Å². The monoisotopic (exact) mass is 413 g/mol. The van der Waals surface area contributed by atoms with Crippen LogP contribution in [-0.2, 0) is 6.54 Å². The second kappa shape index (κ2) is 7.37. The average Bonchev–Trinajstić information content (AvgIpc) is 3.37. The maximum Gasteiger partial charge on any atom is 0.200 e. The predicted molar refractivity (Wildman–Crippen MR) is 111 cm³/mol.